The van der Waals surface area contributed by atoms with Crippen LogP contribution in [0.25, 0.3) is 16.6 Å². The van der Waals surface area contributed by atoms with Crippen LogP contribution >= 0.6 is 0 Å². The molecule has 0 bridgehead atoms. The molecule has 34 heavy (non-hydrogen) atoms. The highest BCUT2D eigenvalue weighted by molar-refractivity contribution is 5.91. The van der Waals surface area contributed by atoms with E-state index in [4.69, 9.17) is 0 Å². The number of hydrogen-bond acceptors (Lipinski definition) is 5. The molecule has 2 N–H and O–H groups in total. The zero-order chi connectivity index (χ0) is 23.7. The second kappa shape index (κ2) is 9.14. The summed E-state index contributed by atoms with van der Waals surface area (Å²) in [5, 5.41) is 10.9. The maximum atomic E-state index is 13.9. The molecule has 4 heterocycles. The maximum absolute atomic E-state index is 13.9. The van der Waals surface area contributed by atoms with E-state index in [0.29, 0.717) is 25.3 Å². The summed E-state index contributed by atoms with van der Waals surface area (Å²) in [5.74, 6) is -0.713. The molecule has 1 saturated heterocycles. The number of fused-ring (bicyclic) bond motifs is 1. The Morgan fingerprint density at radius 3 is 2.76 bits per heavy atom. The highest BCUT2D eigenvalue weighted by atomic mass is 19.1. The zero-order valence-electron chi connectivity index (χ0n) is 18.5. The molecule has 5 rings (SSSR count). The van der Waals surface area contributed by atoms with Gasteiger partial charge in [0.1, 0.15) is 17.5 Å². The van der Waals surface area contributed by atoms with Gasteiger partial charge < -0.3 is 5.32 Å². The number of anilines is 1. The van der Waals surface area contributed by atoms with E-state index in [1.165, 1.54) is 18.2 Å². The molecule has 2 amide bonds. The molecular formula is C24H23F2N7O. The summed E-state index contributed by atoms with van der Waals surface area (Å²) < 4.78 is 29.6. The number of aromatic nitrogens is 4. The van der Waals surface area contributed by atoms with Crippen molar-refractivity contribution in [2.45, 2.75) is 25.9 Å². The van der Waals surface area contributed by atoms with Gasteiger partial charge in [0.15, 0.2) is 0 Å². The number of aryl methyl sites for hydroxylation is 1. The summed E-state index contributed by atoms with van der Waals surface area (Å²) in [4.78, 5) is 23.0. The minimum Gasteiger partial charge on any atom is -0.334 e. The van der Waals surface area contributed by atoms with Gasteiger partial charge in [0.2, 0.25) is 0 Å². The standard InChI is InChI=1S/C24H23F2N7O/c1-15-9-18(5-7-27-15)33-22-12-28-23(10-16(22)11-29-33)31-24(34)30-17-6-8-32(13-17)14-19-20(25)3-2-4-21(19)26/h2-5,7,9-12,17H,6,8,13-14H2,1H3,(H2,28,30,31,34)/t17-/m1/s1. The van der Waals surface area contributed by atoms with Gasteiger partial charge in [-0.15, -0.1) is 0 Å². The summed E-state index contributed by atoms with van der Waals surface area (Å²) in [7, 11) is 0. The number of amides is 2. The Morgan fingerprint density at radius 1 is 1.15 bits per heavy atom. The van der Waals surface area contributed by atoms with Gasteiger partial charge in [0, 0.05) is 48.5 Å². The van der Waals surface area contributed by atoms with E-state index < -0.39 is 11.6 Å². The Balaban J connectivity index is 1.20. The number of hydrogen-bond donors (Lipinski definition) is 2. The highest BCUT2D eigenvalue weighted by Crippen LogP contribution is 2.21. The minimum absolute atomic E-state index is 0.0487. The second-order valence-corrected chi connectivity index (χ2v) is 8.36. The fraction of sp³-hybridized carbons (Fsp3) is 0.250. The molecule has 1 aromatic carbocycles. The van der Waals surface area contributed by atoms with Crippen LogP contribution in [-0.2, 0) is 6.54 Å². The number of nitrogens with zero attached hydrogens (tertiary/aromatic N) is 5. The van der Waals surface area contributed by atoms with Gasteiger partial charge in [0.25, 0.3) is 0 Å². The Labute approximate surface area is 194 Å². The van der Waals surface area contributed by atoms with Gasteiger partial charge in [-0.3, -0.25) is 15.2 Å². The first-order valence-corrected chi connectivity index (χ1v) is 11.0. The van der Waals surface area contributed by atoms with Crippen LogP contribution in [0.5, 0.6) is 0 Å². The molecule has 4 aromatic rings. The topological polar surface area (TPSA) is 88.0 Å². The molecule has 3 aromatic heterocycles. The van der Waals surface area contributed by atoms with Gasteiger partial charge in [-0.05, 0) is 43.7 Å². The Kier molecular flexibility index (Phi) is 5.89. The van der Waals surface area contributed by atoms with Gasteiger partial charge in [-0.2, -0.15) is 5.10 Å². The lowest BCUT2D eigenvalue weighted by molar-refractivity contribution is 0.247. The molecular weight excluding hydrogens is 440 g/mol. The van der Waals surface area contributed by atoms with Crippen LogP contribution in [-0.4, -0.2) is 49.8 Å². The van der Waals surface area contributed by atoms with Crippen molar-refractivity contribution in [1.29, 1.82) is 0 Å². The molecule has 8 nitrogen and oxygen atoms in total. The molecule has 0 aliphatic carbocycles. The van der Waals surface area contributed by atoms with E-state index in [-0.39, 0.29) is 24.2 Å². The molecule has 174 valence electrons. The average Bonchev–Trinajstić information content (AvgIpc) is 3.42. The van der Waals surface area contributed by atoms with Gasteiger partial charge >= 0.3 is 6.03 Å². The molecule has 1 fully saturated rings. The number of halogens is 2. The molecule has 0 saturated carbocycles. The summed E-state index contributed by atoms with van der Waals surface area (Å²) in [6.07, 6.45) is 5.79. The molecule has 0 spiro atoms. The third-order valence-electron chi connectivity index (χ3n) is 5.87. The van der Waals surface area contributed by atoms with Gasteiger partial charge in [-0.1, -0.05) is 6.07 Å². The first-order chi connectivity index (χ1) is 16.5. The van der Waals surface area contributed by atoms with Gasteiger partial charge in [-0.25, -0.2) is 23.2 Å². The molecule has 0 radical (unpaired) electrons. The van der Waals surface area contributed by atoms with Crippen LogP contribution in [0.3, 0.4) is 0 Å². The smallest absolute Gasteiger partial charge is 0.320 e. The molecule has 1 atom stereocenters. The third kappa shape index (κ3) is 4.58. The molecule has 1 aliphatic rings. The van der Waals surface area contributed by atoms with Crippen molar-refractivity contribution in [2.75, 3.05) is 18.4 Å². The number of urea groups is 1. The predicted molar refractivity (Wildman–Crippen MR) is 124 cm³/mol. The van der Waals surface area contributed by atoms with Crippen molar-refractivity contribution in [3.63, 3.8) is 0 Å². The lowest BCUT2D eigenvalue weighted by atomic mass is 10.2. The molecule has 0 unspecified atom stereocenters. The van der Waals surface area contributed by atoms with E-state index in [9.17, 15) is 13.6 Å². The first kappa shape index (κ1) is 21.9. The van der Waals surface area contributed by atoms with E-state index in [1.807, 2.05) is 24.0 Å². The maximum Gasteiger partial charge on any atom is 0.320 e. The van der Waals surface area contributed by atoms with Crippen molar-refractivity contribution in [2.24, 2.45) is 0 Å². The van der Waals surface area contributed by atoms with Crippen LogP contribution in [0.2, 0.25) is 0 Å². The lowest BCUT2D eigenvalue weighted by Crippen LogP contribution is -2.39. The van der Waals surface area contributed by atoms with Crippen molar-refractivity contribution in [3.05, 3.63) is 77.9 Å². The quantitative estimate of drug-likeness (QED) is 0.470. The highest BCUT2D eigenvalue weighted by Gasteiger charge is 2.25. The predicted octanol–water partition coefficient (Wildman–Crippen LogP) is 3.80. The average molecular weight is 463 g/mol. The first-order valence-electron chi connectivity index (χ1n) is 11.0. The Hall–Kier alpha value is -3.92. The monoisotopic (exact) mass is 463 g/mol. The van der Waals surface area contributed by atoms with Crippen LogP contribution in [0.15, 0.2) is 55.0 Å². The summed E-state index contributed by atoms with van der Waals surface area (Å²) in [5.41, 5.74) is 2.62. The van der Waals surface area contributed by atoms with Crippen molar-refractivity contribution < 1.29 is 13.6 Å². The van der Waals surface area contributed by atoms with Crippen molar-refractivity contribution in [1.82, 2.24) is 30.0 Å². The lowest BCUT2D eigenvalue weighted by Gasteiger charge is -2.17. The number of carbonyl (C=O) groups excluding carboxylic acids is 1. The van der Waals surface area contributed by atoms with Crippen LogP contribution < -0.4 is 10.6 Å². The fourth-order valence-corrected chi connectivity index (χ4v) is 4.20. The summed E-state index contributed by atoms with van der Waals surface area (Å²) in [6, 6.07) is 8.90. The van der Waals surface area contributed by atoms with E-state index >= 15 is 0 Å². The van der Waals surface area contributed by atoms with Crippen molar-refractivity contribution in [3.8, 4) is 5.69 Å². The van der Waals surface area contributed by atoms with E-state index in [2.05, 4.69) is 25.7 Å². The second-order valence-electron chi connectivity index (χ2n) is 8.36. The van der Waals surface area contributed by atoms with E-state index in [1.54, 1.807) is 29.3 Å². The number of carbonyl (C=O) groups is 1. The van der Waals surface area contributed by atoms with Crippen molar-refractivity contribution >= 4 is 22.8 Å². The third-order valence-corrected chi connectivity index (χ3v) is 5.87. The number of likely N-dealkylation sites (tertiary alicyclic amines) is 1. The van der Waals surface area contributed by atoms with Crippen LogP contribution in [0.4, 0.5) is 19.4 Å². The normalized spacial score (nSPS) is 16.1. The zero-order valence-corrected chi connectivity index (χ0v) is 18.5. The van der Waals surface area contributed by atoms with Crippen LogP contribution in [0, 0.1) is 18.6 Å². The Bertz CT molecular complexity index is 1340. The number of nitrogens with one attached hydrogen (secondary N) is 2. The number of rotatable bonds is 5. The SMILES string of the molecule is Cc1cc(-n2ncc3cc(NC(=O)N[C@@H]4CCN(Cc5c(F)cccc5F)C4)ncc32)ccn1. The molecule has 10 heteroatoms. The minimum atomic E-state index is -0.557. The van der Waals surface area contributed by atoms with E-state index in [0.717, 1.165) is 22.3 Å². The summed E-state index contributed by atoms with van der Waals surface area (Å²) in [6.45, 7) is 3.22. The fourth-order valence-electron chi connectivity index (χ4n) is 4.20. The summed E-state index contributed by atoms with van der Waals surface area (Å²) >= 11 is 0. The molecule has 1 aliphatic heterocycles. The number of benzene rings is 1. The van der Waals surface area contributed by atoms with Gasteiger partial charge in [0.05, 0.1) is 23.6 Å². The largest absolute Gasteiger partial charge is 0.334 e. The van der Waals surface area contributed by atoms with Crippen LogP contribution in [0.1, 0.15) is 17.7 Å². The Morgan fingerprint density at radius 2 is 1.97 bits per heavy atom. The number of pyridine rings is 2.